The molecular formula is C17H24FN3O. The number of hydrogen-bond donors (Lipinski definition) is 0. The van der Waals surface area contributed by atoms with Gasteiger partial charge in [0.2, 0.25) is 5.91 Å². The van der Waals surface area contributed by atoms with Gasteiger partial charge in [-0.15, -0.1) is 0 Å². The zero-order valence-electron chi connectivity index (χ0n) is 13.2. The van der Waals surface area contributed by atoms with Crippen LogP contribution < -0.4 is 4.90 Å². The van der Waals surface area contributed by atoms with Gasteiger partial charge in [0.25, 0.3) is 0 Å². The van der Waals surface area contributed by atoms with E-state index in [1.165, 1.54) is 18.6 Å². The van der Waals surface area contributed by atoms with Crippen LogP contribution in [0.1, 0.15) is 19.3 Å². The molecule has 1 amide bonds. The normalized spacial score (nSPS) is 23.6. The summed E-state index contributed by atoms with van der Waals surface area (Å²) in [7, 11) is 2.05. The van der Waals surface area contributed by atoms with Crippen LogP contribution in [-0.2, 0) is 4.79 Å². The Bertz CT molecular complexity index is 511. The van der Waals surface area contributed by atoms with E-state index in [0.717, 1.165) is 51.3 Å². The molecule has 2 aliphatic rings. The van der Waals surface area contributed by atoms with Crippen molar-refractivity contribution in [2.75, 3.05) is 44.7 Å². The van der Waals surface area contributed by atoms with Gasteiger partial charge in [-0.2, -0.15) is 0 Å². The van der Waals surface area contributed by atoms with Crippen LogP contribution in [0.3, 0.4) is 0 Å². The molecule has 4 nitrogen and oxygen atoms in total. The zero-order valence-corrected chi connectivity index (χ0v) is 13.2. The van der Waals surface area contributed by atoms with E-state index in [9.17, 15) is 9.18 Å². The molecular weight excluding hydrogens is 281 g/mol. The third-order valence-electron chi connectivity index (χ3n) is 4.84. The fraction of sp³-hybridized carbons (Fsp3) is 0.588. The highest BCUT2D eigenvalue weighted by atomic mass is 19.1. The fourth-order valence-electron chi connectivity index (χ4n) is 3.43. The van der Waals surface area contributed by atoms with Gasteiger partial charge in [0.05, 0.1) is 6.04 Å². The van der Waals surface area contributed by atoms with Crippen LogP contribution >= 0.6 is 0 Å². The quantitative estimate of drug-likeness (QED) is 0.836. The minimum atomic E-state index is -0.210. The van der Waals surface area contributed by atoms with Gasteiger partial charge >= 0.3 is 0 Å². The Balaban J connectivity index is 1.57. The third kappa shape index (κ3) is 3.24. The van der Waals surface area contributed by atoms with Gasteiger partial charge in [0.15, 0.2) is 0 Å². The standard InChI is InChI=1S/C17H24FN3O/c1-19-9-3-2-4-16(19)17(22)21-12-10-20(11-13-21)15-7-5-14(18)6-8-15/h5-8,16H,2-4,9-13H2,1H3. The van der Waals surface area contributed by atoms with E-state index in [0.29, 0.717) is 0 Å². The Kier molecular flexibility index (Phi) is 4.62. The number of likely N-dealkylation sites (tertiary alicyclic amines) is 1. The molecule has 0 N–H and O–H groups in total. The predicted octanol–water partition coefficient (Wildman–Crippen LogP) is 1.96. The average Bonchev–Trinajstić information content (AvgIpc) is 2.56. The highest BCUT2D eigenvalue weighted by Gasteiger charge is 2.31. The van der Waals surface area contributed by atoms with E-state index < -0.39 is 0 Å². The minimum Gasteiger partial charge on any atom is -0.368 e. The van der Waals surface area contributed by atoms with Crippen LogP contribution in [0.5, 0.6) is 0 Å². The van der Waals surface area contributed by atoms with Crippen LogP contribution in [0, 0.1) is 5.82 Å². The molecule has 0 radical (unpaired) electrons. The van der Waals surface area contributed by atoms with Crippen LogP contribution in [0.2, 0.25) is 0 Å². The van der Waals surface area contributed by atoms with E-state index >= 15 is 0 Å². The molecule has 2 saturated heterocycles. The molecule has 1 aromatic carbocycles. The maximum Gasteiger partial charge on any atom is 0.240 e. The zero-order chi connectivity index (χ0) is 15.5. The Hall–Kier alpha value is -1.62. The summed E-state index contributed by atoms with van der Waals surface area (Å²) < 4.78 is 13.0. The van der Waals surface area contributed by atoms with Gasteiger partial charge in [0, 0.05) is 31.9 Å². The van der Waals surface area contributed by atoms with Crippen molar-refractivity contribution >= 4 is 11.6 Å². The number of likely N-dealkylation sites (N-methyl/N-ethyl adjacent to an activating group) is 1. The van der Waals surface area contributed by atoms with Crippen molar-refractivity contribution in [1.82, 2.24) is 9.80 Å². The van der Waals surface area contributed by atoms with E-state index in [1.54, 1.807) is 0 Å². The van der Waals surface area contributed by atoms with E-state index in [-0.39, 0.29) is 17.8 Å². The molecule has 5 heteroatoms. The van der Waals surface area contributed by atoms with Crippen molar-refractivity contribution < 1.29 is 9.18 Å². The van der Waals surface area contributed by atoms with Gasteiger partial charge < -0.3 is 9.80 Å². The molecule has 2 fully saturated rings. The second-order valence-corrected chi connectivity index (χ2v) is 6.28. The summed E-state index contributed by atoms with van der Waals surface area (Å²) in [5, 5.41) is 0. The lowest BCUT2D eigenvalue weighted by molar-refractivity contribution is -0.137. The number of carbonyl (C=O) groups is 1. The number of anilines is 1. The van der Waals surface area contributed by atoms with Crippen LogP contribution in [0.15, 0.2) is 24.3 Å². The van der Waals surface area contributed by atoms with Crippen molar-refractivity contribution in [3.8, 4) is 0 Å². The smallest absolute Gasteiger partial charge is 0.240 e. The predicted molar refractivity (Wildman–Crippen MR) is 85.5 cm³/mol. The summed E-state index contributed by atoms with van der Waals surface area (Å²) in [5.41, 5.74) is 1.03. The maximum atomic E-state index is 13.0. The first-order chi connectivity index (χ1) is 10.6. The lowest BCUT2D eigenvalue weighted by Crippen LogP contribution is -2.55. The van der Waals surface area contributed by atoms with Crippen molar-refractivity contribution in [3.05, 3.63) is 30.1 Å². The molecule has 22 heavy (non-hydrogen) atoms. The summed E-state index contributed by atoms with van der Waals surface area (Å²) in [6.45, 7) is 4.15. The lowest BCUT2D eigenvalue weighted by Gasteiger charge is -2.40. The molecule has 0 aliphatic carbocycles. The third-order valence-corrected chi connectivity index (χ3v) is 4.84. The molecule has 0 spiro atoms. The molecule has 1 aromatic rings. The lowest BCUT2D eigenvalue weighted by atomic mass is 10.0. The van der Waals surface area contributed by atoms with Crippen molar-refractivity contribution in [2.45, 2.75) is 25.3 Å². The topological polar surface area (TPSA) is 26.8 Å². The van der Waals surface area contributed by atoms with E-state index in [2.05, 4.69) is 16.8 Å². The Morgan fingerprint density at radius 3 is 2.36 bits per heavy atom. The van der Waals surface area contributed by atoms with Gasteiger partial charge in [-0.25, -0.2) is 4.39 Å². The van der Waals surface area contributed by atoms with Crippen LogP contribution in [-0.4, -0.2) is 61.5 Å². The molecule has 1 unspecified atom stereocenters. The molecule has 0 aromatic heterocycles. The molecule has 0 bridgehead atoms. The number of rotatable bonds is 2. The first-order valence-corrected chi connectivity index (χ1v) is 8.15. The highest BCUT2D eigenvalue weighted by Crippen LogP contribution is 2.20. The summed E-state index contributed by atoms with van der Waals surface area (Å²) in [5.74, 6) is 0.0684. The number of piperidine rings is 1. The number of benzene rings is 1. The summed E-state index contributed by atoms with van der Waals surface area (Å²) >= 11 is 0. The monoisotopic (exact) mass is 305 g/mol. The molecule has 2 heterocycles. The molecule has 1 atom stereocenters. The molecule has 2 aliphatic heterocycles. The van der Waals surface area contributed by atoms with Gasteiger partial charge in [-0.1, -0.05) is 6.42 Å². The number of halogens is 1. The van der Waals surface area contributed by atoms with Crippen molar-refractivity contribution in [1.29, 1.82) is 0 Å². The average molecular weight is 305 g/mol. The first kappa shape index (κ1) is 15.3. The summed E-state index contributed by atoms with van der Waals surface area (Å²) in [4.78, 5) is 19.1. The Labute approximate surface area is 131 Å². The Morgan fingerprint density at radius 2 is 1.73 bits per heavy atom. The number of hydrogen-bond acceptors (Lipinski definition) is 3. The summed E-state index contributed by atoms with van der Waals surface area (Å²) in [6, 6.07) is 6.66. The largest absolute Gasteiger partial charge is 0.368 e. The molecule has 0 saturated carbocycles. The van der Waals surface area contributed by atoms with E-state index in [4.69, 9.17) is 0 Å². The number of carbonyl (C=O) groups excluding carboxylic acids is 1. The molecule has 3 rings (SSSR count). The molecule has 120 valence electrons. The van der Waals surface area contributed by atoms with Crippen molar-refractivity contribution in [3.63, 3.8) is 0 Å². The van der Waals surface area contributed by atoms with Crippen LogP contribution in [0.25, 0.3) is 0 Å². The van der Waals surface area contributed by atoms with Crippen molar-refractivity contribution in [2.24, 2.45) is 0 Å². The number of amides is 1. The summed E-state index contributed by atoms with van der Waals surface area (Å²) in [6.07, 6.45) is 3.32. The second-order valence-electron chi connectivity index (χ2n) is 6.28. The first-order valence-electron chi connectivity index (χ1n) is 8.15. The highest BCUT2D eigenvalue weighted by molar-refractivity contribution is 5.82. The van der Waals surface area contributed by atoms with Gasteiger partial charge in [-0.05, 0) is 50.7 Å². The fourth-order valence-corrected chi connectivity index (χ4v) is 3.43. The van der Waals surface area contributed by atoms with Gasteiger partial charge in [0.1, 0.15) is 5.82 Å². The van der Waals surface area contributed by atoms with Gasteiger partial charge in [-0.3, -0.25) is 9.69 Å². The number of piperazine rings is 1. The minimum absolute atomic E-state index is 0.0612. The van der Waals surface area contributed by atoms with Crippen LogP contribution in [0.4, 0.5) is 10.1 Å². The van der Waals surface area contributed by atoms with E-state index in [1.807, 2.05) is 17.0 Å². The number of nitrogens with zero attached hydrogens (tertiary/aromatic N) is 3. The second kappa shape index (κ2) is 6.65. The SMILES string of the molecule is CN1CCCCC1C(=O)N1CCN(c2ccc(F)cc2)CC1. The maximum absolute atomic E-state index is 13.0. The Morgan fingerprint density at radius 1 is 1.05 bits per heavy atom.